The summed E-state index contributed by atoms with van der Waals surface area (Å²) in [6, 6.07) is 15.3. The van der Waals surface area contributed by atoms with Crippen molar-refractivity contribution >= 4 is 21.8 Å². The zero-order valence-corrected chi connectivity index (χ0v) is 15.2. The third kappa shape index (κ3) is 3.64. The molecule has 2 aromatic rings. The number of rotatable bonds is 4. The van der Waals surface area contributed by atoms with Crippen molar-refractivity contribution in [2.45, 2.75) is 26.4 Å². The van der Waals surface area contributed by atoms with Crippen LogP contribution in [0.4, 0.5) is 0 Å². The second-order valence-corrected chi connectivity index (χ2v) is 8.38. The summed E-state index contributed by atoms with van der Waals surface area (Å²) in [5.74, 6) is 0. The maximum atomic E-state index is 13.0. The quantitative estimate of drug-likeness (QED) is 0.831. The maximum Gasteiger partial charge on any atom is 0.282 e. The fraction of sp³-hybridized carbons (Fsp3) is 0.333. The SMILES string of the molecule is Cc1ccccc1CN1CCCN(Cc2ccccc2Cl)S1(=O)=O. The predicted molar refractivity (Wildman–Crippen MR) is 97.0 cm³/mol. The lowest BCUT2D eigenvalue weighted by molar-refractivity contribution is 0.276. The third-order valence-corrected chi connectivity index (χ3v) is 6.68. The smallest absolute Gasteiger partial charge is 0.195 e. The van der Waals surface area contributed by atoms with E-state index < -0.39 is 10.2 Å². The highest BCUT2D eigenvalue weighted by molar-refractivity contribution is 7.86. The van der Waals surface area contributed by atoms with Gasteiger partial charge in [0, 0.05) is 31.2 Å². The lowest BCUT2D eigenvalue weighted by atomic mass is 10.1. The molecule has 0 unspecified atom stereocenters. The Labute approximate surface area is 148 Å². The van der Waals surface area contributed by atoms with Gasteiger partial charge in [0.1, 0.15) is 0 Å². The molecule has 6 heteroatoms. The van der Waals surface area contributed by atoms with Gasteiger partial charge in [0.05, 0.1) is 0 Å². The molecule has 0 radical (unpaired) electrons. The minimum Gasteiger partial charge on any atom is -0.195 e. The van der Waals surface area contributed by atoms with Crippen LogP contribution < -0.4 is 0 Å². The fourth-order valence-electron chi connectivity index (χ4n) is 2.93. The van der Waals surface area contributed by atoms with Crippen molar-refractivity contribution in [3.05, 3.63) is 70.2 Å². The predicted octanol–water partition coefficient (Wildman–Crippen LogP) is 3.60. The van der Waals surface area contributed by atoms with E-state index in [1.807, 2.05) is 49.4 Å². The van der Waals surface area contributed by atoms with E-state index in [4.69, 9.17) is 11.6 Å². The number of nitrogens with zero attached hydrogens (tertiary/aromatic N) is 2. The summed E-state index contributed by atoms with van der Waals surface area (Å²) >= 11 is 6.19. The van der Waals surface area contributed by atoms with E-state index in [9.17, 15) is 8.42 Å². The average molecular weight is 365 g/mol. The van der Waals surface area contributed by atoms with E-state index in [0.717, 1.165) is 23.1 Å². The number of benzene rings is 2. The van der Waals surface area contributed by atoms with Crippen LogP contribution in [0.5, 0.6) is 0 Å². The summed E-state index contributed by atoms with van der Waals surface area (Å²) in [5, 5.41) is 0.601. The third-order valence-electron chi connectivity index (χ3n) is 4.38. The van der Waals surface area contributed by atoms with E-state index in [1.165, 1.54) is 4.31 Å². The molecule has 0 N–H and O–H groups in total. The fourth-order valence-corrected chi connectivity index (χ4v) is 4.78. The molecule has 1 aliphatic rings. The highest BCUT2D eigenvalue weighted by atomic mass is 35.5. The zero-order valence-electron chi connectivity index (χ0n) is 13.7. The maximum absolute atomic E-state index is 13.0. The number of hydrogen-bond acceptors (Lipinski definition) is 2. The van der Waals surface area contributed by atoms with Gasteiger partial charge in [-0.05, 0) is 36.1 Å². The Hall–Kier alpha value is -1.40. The van der Waals surface area contributed by atoms with Gasteiger partial charge in [0.25, 0.3) is 10.2 Å². The van der Waals surface area contributed by atoms with Gasteiger partial charge in [-0.25, -0.2) is 0 Å². The molecule has 1 aliphatic heterocycles. The van der Waals surface area contributed by atoms with Crippen molar-refractivity contribution in [3.63, 3.8) is 0 Å². The van der Waals surface area contributed by atoms with E-state index >= 15 is 0 Å². The van der Waals surface area contributed by atoms with Crippen molar-refractivity contribution in [1.29, 1.82) is 0 Å². The molecular weight excluding hydrogens is 344 g/mol. The minimum absolute atomic E-state index is 0.312. The standard InChI is InChI=1S/C18H21ClN2O2S/c1-15-7-2-3-8-16(15)13-20-11-6-12-21(24(20,22)23)14-17-9-4-5-10-18(17)19/h2-5,7-10H,6,11-14H2,1H3. The van der Waals surface area contributed by atoms with Crippen LogP contribution in [0, 0.1) is 6.92 Å². The summed E-state index contributed by atoms with van der Waals surface area (Å²) in [5.41, 5.74) is 2.98. The Morgan fingerprint density at radius 3 is 2.08 bits per heavy atom. The molecule has 2 aromatic carbocycles. The van der Waals surface area contributed by atoms with E-state index in [2.05, 4.69) is 0 Å². The summed E-state index contributed by atoms with van der Waals surface area (Å²) < 4.78 is 29.0. The molecule has 1 fully saturated rings. The summed E-state index contributed by atoms with van der Waals surface area (Å²) in [4.78, 5) is 0. The molecule has 0 saturated carbocycles. The molecule has 1 heterocycles. The first-order chi connectivity index (χ1) is 11.5. The topological polar surface area (TPSA) is 40.6 Å². The van der Waals surface area contributed by atoms with Crippen LogP contribution in [-0.2, 0) is 23.3 Å². The highest BCUT2D eigenvalue weighted by Crippen LogP contribution is 2.25. The van der Waals surface area contributed by atoms with Gasteiger partial charge in [-0.1, -0.05) is 54.1 Å². The molecule has 0 aromatic heterocycles. The molecular formula is C18H21ClN2O2S. The number of halogens is 1. The first-order valence-electron chi connectivity index (χ1n) is 8.01. The Kier molecular flexibility index (Phi) is 5.25. The van der Waals surface area contributed by atoms with Crippen LogP contribution in [0.3, 0.4) is 0 Å². The first-order valence-corrected chi connectivity index (χ1v) is 9.79. The van der Waals surface area contributed by atoms with Gasteiger partial charge in [-0.2, -0.15) is 17.0 Å². The van der Waals surface area contributed by atoms with Gasteiger partial charge in [0.2, 0.25) is 0 Å². The van der Waals surface area contributed by atoms with E-state index in [-0.39, 0.29) is 0 Å². The van der Waals surface area contributed by atoms with Gasteiger partial charge in [-0.15, -0.1) is 0 Å². The molecule has 128 valence electrons. The molecule has 4 nitrogen and oxygen atoms in total. The van der Waals surface area contributed by atoms with Crippen molar-refractivity contribution in [1.82, 2.24) is 8.61 Å². The van der Waals surface area contributed by atoms with Crippen LogP contribution in [0.25, 0.3) is 0 Å². The number of hydrogen-bond donors (Lipinski definition) is 0. The lowest BCUT2D eigenvalue weighted by Gasteiger charge is -2.35. The van der Waals surface area contributed by atoms with Crippen LogP contribution >= 0.6 is 11.6 Å². The molecule has 24 heavy (non-hydrogen) atoms. The Morgan fingerprint density at radius 1 is 0.917 bits per heavy atom. The molecule has 1 saturated heterocycles. The van der Waals surface area contributed by atoms with Gasteiger partial charge in [-0.3, -0.25) is 0 Å². The monoisotopic (exact) mass is 364 g/mol. The van der Waals surface area contributed by atoms with Crippen molar-refractivity contribution < 1.29 is 8.42 Å². The summed E-state index contributed by atoms with van der Waals surface area (Å²) in [7, 11) is -3.49. The molecule has 0 aliphatic carbocycles. The molecule has 0 atom stereocenters. The van der Waals surface area contributed by atoms with Gasteiger partial charge < -0.3 is 0 Å². The Balaban J connectivity index is 1.81. The van der Waals surface area contributed by atoms with Crippen molar-refractivity contribution in [2.24, 2.45) is 0 Å². The summed E-state index contributed by atoms with van der Waals surface area (Å²) in [6.07, 6.45) is 0.815. The Morgan fingerprint density at radius 2 is 1.46 bits per heavy atom. The molecule has 0 bridgehead atoms. The minimum atomic E-state index is -3.49. The zero-order chi connectivity index (χ0) is 17.2. The average Bonchev–Trinajstić information content (AvgIpc) is 2.55. The second-order valence-electron chi connectivity index (χ2n) is 6.05. The van der Waals surface area contributed by atoms with Gasteiger partial charge >= 0.3 is 0 Å². The number of aryl methyl sites for hydroxylation is 1. The second kappa shape index (κ2) is 7.23. The van der Waals surface area contributed by atoms with E-state index in [0.29, 0.717) is 31.2 Å². The summed E-state index contributed by atoms with van der Waals surface area (Å²) in [6.45, 7) is 3.81. The molecule has 0 spiro atoms. The molecule has 0 amide bonds. The van der Waals surface area contributed by atoms with Crippen LogP contribution in [0.15, 0.2) is 48.5 Å². The Bertz CT molecular complexity index is 762. The van der Waals surface area contributed by atoms with E-state index in [1.54, 1.807) is 10.4 Å². The van der Waals surface area contributed by atoms with Crippen molar-refractivity contribution in [3.8, 4) is 0 Å². The molecule has 3 rings (SSSR count). The highest BCUT2D eigenvalue weighted by Gasteiger charge is 2.33. The normalized spacial score (nSPS) is 18.6. The largest absolute Gasteiger partial charge is 0.282 e. The van der Waals surface area contributed by atoms with Crippen molar-refractivity contribution in [2.75, 3.05) is 13.1 Å². The van der Waals surface area contributed by atoms with Crippen LogP contribution in [-0.4, -0.2) is 30.1 Å². The van der Waals surface area contributed by atoms with Crippen LogP contribution in [0.2, 0.25) is 5.02 Å². The van der Waals surface area contributed by atoms with Gasteiger partial charge in [0.15, 0.2) is 0 Å². The first kappa shape index (κ1) is 17.4. The lowest BCUT2D eigenvalue weighted by Crippen LogP contribution is -2.48. The van der Waals surface area contributed by atoms with Crippen LogP contribution in [0.1, 0.15) is 23.1 Å².